The molecule has 7 nitrogen and oxygen atoms in total. The van der Waals surface area contributed by atoms with Gasteiger partial charge in [-0.1, -0.05) is 85.8 Å². The number of nitrogens with zero attached hydrogens (tertiary/aromatic N) is 1. The predicted octanol–water partition coefficient (Wildman–Crippen LogP) is 6.81. The van der Waals surface area contributed by atoms with Crippen LogP contribution in [-0.2, 0) is 27.3 Å². The lowest BCUT2D eigenvalue weighted by Crippen LogP contribution is -2.60. The quantitative estimate of drug-likeness (QED) is 0.259. The highest BCUT2D eigenvalue weighted by Crippen LogP contribution is 2.35. The van der Waals surface area contributed by atoms with Crippen LogP contribution in [-0.4, -0.2) is 40.0 Å². The average molecular weight is 586 g/mol. The van der Waals surface area contributed by atoms with Crippen molar-refractivity contribution in [2.24, 2.45) is 0 Å². The smallest absolute Gasteiger partial charge is 0.408 e. The molecule has 43 heavy (non-hydrogen) atoms. The maximum Gasteiger partial charge on any atom is 0.408 e. The summed E-state index contributed by atoms with van der Waals surface area (Å²) in [5.74, 6) is -0.643. The number of amides is 3. The topological polar surface area (TPSA) is 87.7 Å². The minimum Gasteiger partial charge on any atom is -0.444 e. The van der Waals surface area contributed by atoms with E-state index in [2.05, 4.69) is 10.6 Å². The Bertz CT molecular complexity index is 1360. The van der Waals surface area contributed by atoms with Gasteiger partial charge in [-0.05, 0) is 82.7 Å². The van der Waals surface area contributed by atoms with Gasteiger partial charge in [0.05, 0.1) is 0 Å². The van der Waals surface area contributed by atoms with Crippen LogP contribution < -0.4 is 10.6 Å². The molecule has 230 valence electrons. The van der Waals surface area contributed by atoms with Gasteiger partial charge in [0.15, 0.2) is 0 Å². The zero-order valence-electron chi connectivity index (χ0n) is 26.9. The van der Waals surface area contributed by atoms with Crippen LogP contribution in [0.15, 0.2) is 78.9 Å². The van der Waals surface area contributed by atoms with E-state index in [1.807, 2.05) is 113 Å². The van der Waals surface area contributed by atoms with Crippen molar-refractivity contribution in [1.82, 2.24) is 15.5 Å². The van der Waals surface area contributed by atoms with Gasteiger partial charge in [-0.2, -0.15) is 0 Å². The summed E-state index contributed by atoms with van der Waals surface area (Å²) in [5.41, 5.74) is 2.93. The van der Waals surface area contributed by atoms with Crippen molar-refractivity contribution in [2.45, 2.75) is 98.0 Å². The summed E-state index contributed by atoms with van der Waals surface area (Å²) in [6, 6.07) is 23.2. The molecule has 0 aromatic heterocycles. The van der Waals surface area contributed by atoms with E-state index in [4.69, 9.17) is 4.74 Å². The highest BCUT2D eigenvalue weighted by atomic mass is 16.6. The van der Waals surface area contributed by atoms with Crippen molar-refractivity contribution >= 4 is 17.9 Å². The van der Waals surface area contributed by atoms with Crippen LogP contribution in [0.5, 0.6) is 0 Å². The van der Waals surface area contributed by atoms with E-state index in [-0.39, 0.29) is 18.2 Å². The summed E-state index contributed by atoms with van der Waals surface area (Å²) in [6.07, 6.45) is 0.130. The van der Waals surface area contributed by atoms with Crippen molar-refractivity contribution in [1.29, 1.82) is 0 Å². The summed E-state index contributed by atoms with van der Waals surface area (Å²) < 4.78 is 5.57. The number of ether oxygens (including phenoxy) is 1. The van der Waals surface area contributed by atoms with Crippen molar-refractivity contribution in [3.8, 4) is 0 Å². The lowest BCUT2D eigenvalue weighted by atomic mass is 9.88. The molecule has 7 heteroatoms. The van der Waals surface area contributed by atoms with Gasteiger partial charge in [-0.3, -0.25) is 9.59 Å². The van der Waals surface area contributed by atoms with Crippen LogP contribution in [0.4, 0.5) is 4.79 Å². The Morgan fingerprint density at radius 2 is 1.33 bits per heavy atom. The van der Waals surface area contributed by atoms with E-state index >= 15 is 0 Å². The van der Waals surface area contributed by atoms with Crippen LogP contribution in [0.25, 0.3) is 0 Å². The molecule has 3 aromatic carbocycles. The Hall–Kier alpha value is -4.13. The average Bonchev–Trinajstić information content (AvgIpc) is 2.94. The van der Waals surface area contributed by atoms with Gasteiger partial charge in [-0.25, -0.2) is 4.79 Å². The Labute approximate surface area is 257 Å². The third kappa shape index (κ3) is 9.18. The standard InChI is InChI=1S/C36H47N3O4/c1-9-36(7,8)39(33(41)29(23-27-19-12-10-13-20-27)38-34(42)43-35(4,5)6)31(30-25(2)17-16-18-26(30)3)32(40)37-24-28-21-14-11-15-22-28/h10-22,29,31H,9,23-24H2,1-8H3,(H,37,40)(H,38,42). The lowest BCUT2D eigenvalue weighted by molar-refractivity contribution is -0.149. The lowest BCUT2D eigenvalue weighted by Gasteiger charge is -2.45. The zero-order valence-corrected chi connectivity index (χ0v) is 26.9. The number of nitrogens with one attached hydrogen (secondary N) is 2. The minimum absolute atomic E-state index is 0.236. The van der Waals surface area contributed by atoms with Crippen LogP contribution >= 0.6 is 0 Å². The Morgan fingerprint density at radius 3 is 1.84 bits per heavy atom. The third-order valence-corrected chi connectivity index (χ3v) is 7.66. The van der Waals surface area contributed by atoms with Crippen molar-refractivity contribution in [3.63, 3.8) is 0 Å². The number of aryl methyl sites for hydroxylation is 2. The molecule has 0 heterocycles. The summed E-state index contributed by atoms with van der Waals surface area (Å²) >= 11 is 0. The Balaban J connectivity index is 2.14. The van der Waals surface area contributed by atoms with Crippen LogP contribution in [0.1, 0.15) is 81.8 Å². The molecule has 2 N–H and O–H groups in total. The highest BCUT2D eigenvalue weighted by Gasteiger charge is 2.44. The molecule has 0 bridgehead atoms. The molecule has 2 atom stereocenters. The fraction of sp³-hybridized carbons (Fsp3) is 0.417. The van der Waals surface area contributed by atoms with Crippen molar-refractivity contribution in [2.75, 3.05) is 0 Å². The number of hydrogen-bond acceptors (Lipinski definition) is 4. The molecule has 0 aliphatic rings. The Kier molecular flexibility index (Phi) is 11.1. The van der Waals surface area contributed by atoms with Gasteiger partial charge in [0.1, 0.15) is 17.7 Å². The molecule has 2 unspecified atom stereocenters. The van der Waals surface area contributed by atoms with E-state index in [9.17, 15) is 14.4 Å². The zero-order chi connectivity index (χ0) is 31.8. The largest absolute Gasteiger partial charge is 0.444 e. The van der Waals surface area contributed by atoms with Gasteiger partial charge in [-0.15, -0.1) is 0 Å². The number of carbonyl (C=O) groups excluding carboxylic acids is 3. The van der Waals surface area contributed by atoms with Crippen molar-refractivity contribution < 1.29 is 19.1 Å². The monoisotopic (exact) mass is 585 g/mol. The van der Waals surface area contributed by atoms with Crippen molar-refractivity contribution in [3.05, 3.63) is 107 Å². The molecule has 0 spiro atoms. The second-order valence-corrected chi connectivity index (χ2v) is 12.7. The first-order chi connectivity index (χ1) is 20.2. The van der Waals surface area contributed by atoms with Gasteiger partial charge in [0, 0.05) is 18.5 Å². The Morgan fingerprint density at radius 1 is 0.791 bits per heavy atom. The van der Waals surface area contributed by atoms with E-state index < -0.39 is 29.3 Å². The van der Waals surface area contributed by atoms with Gasteiger partial charge in [0.2, 0.25) is 11.8 Å². The highest BCUT2D eigenvalue weighted by molar-refractivity contribution is 5.93. The SMILES string of the molecule is CCC(C)(C)N(C(=O)C(Cc1ccccc1)NC(=O)OC(C)(C)C)C(C(=O)NCc1ccccc1)c1c(C)cccc1C. The molecule has 0 aliphatic carbocycles. The van der Waals surface area contributed by atoms with Gasteiger partial charge >= 0.3 is 6.09 Å². The summed E-state index contributed by atoms with van der Waals surface area (Å²) in [4.78, 5) is 43.9. The second kappa shape index (κ2) is 14.4. The van der Waals surface area contributed by atoms with Crippen LogP contribution in [0.2, 0.25) is 0 Å². The molecule has 0 radical (unpaired) electrons. The molecule has 0 saturated heterocycles. The van der Waals surface area contributed by atoms with Gasteiger partial charge < -0.3 is 20.3 Å². The predicted molar refractivity (Wildman–Crippen MR) is 171 cm³/mol. The summed E-state index contributed by atoms with van der Waals surface area (Å²) in [5, 5.41) is 5.95. The minimum atomic E-state index is -0.975. The van der Waals surface area contributed by atoms with Crippen LogP contribution in [0, 0.1) is 13.8 Å². The van der Waals surface area contributed by atoms with Crippen LogP contribution in [0.3, 0.4) is 0 Å². The summed E-state index contributed by atoms with van der Waals surface area (Å²) in [6.45, 7) is 15.5. The molecular formula is C36H47N3O4. The maximum absolute atomic E-state index is 14.8. The molecule has 3 amide bonds. The van der Waals surface area contributed by atoms with E-state index in [1.54, 1.807) is 25.7 Å². The van der Waals surface area contributed by atoms with Gasteiger partial charge in [0.25, 0.3) is 0 Å². The van der Waals surface area contributed by atoms with E-state index in [1.165, 1.54) is 0 Å². The molecular weight excluding hydrogens is 538 g/mol. The fourth-order valence-corrected chi connectivity index (χ4v) is 5.13. The first kappa shape index (κ1) is 33.4. The number of alkyl carbamates (subject to hydrolysis) is 1. The normalized spacial score (nSPS) is 13.0. The molecule has 0 aliphatic heterocycles. The first-order valence-corrected chi connectivity index (χ1v) is 15.0. The fourth-order valence-electron chi connectivity index (χ4n) is 5.13. The molecule has 0 saturated carbocycles. The maximum atomic E-state index is 14.8. The van der Waals surface area contributed by atoms with E-state index in [0.717, 1.165) is 27.8 Å². The number of hydrogen-bond donors (Lipinski definition) is 2. The number of carbonyl (C=O) groups is 3. The molecule has 0 fully saturated rings. The second-order valence-electron chi connectivity index (χ2n) is 12.7. The molecule has 3 rings (SSSR count). The summed E-state index contributed by atoms with van der Waals surface area (Å²) in [7, 11) is 0. The molecule has 3 aromatic rings. The number of rotatable bonds is 11. The third-order valence-electron chi connectivity index (χ3n) is 7.66. The first-order valence-electron chi connectivity index (χ1n) is 15.0. The number of benzene rings is 3. The van der Waals surface area contributed by atoms with E-state index in [0.29, 0.717) is 13.0 Å².